The van der Waals surface area contributed by atoms with Crippen molar-refractivity contribution >= 4 is 5.97 Å². The Morgan fingerprint density at radius 2 is 2.16 bits per heavy atom. The molecule has 0 spiro atoms. The number of aromatic nitrogens is 3. The van der Waals surface area contributed by atoms with E-state index in [0.29, 0.717) is 11.4 Å². The van der Waals surface area contributed by atoms with Gasteiger partial charge in [-0.05, 0) is 31.5 Å². The topological polar surface area (TPSA) is 84.9 Å². The molecule has 19 heavy (non-hydrogen) atoms. The molecular formula is C13H13N3O3. The van der Waals surface area contributed by atoms with Gasteiger partial charge in [-0.3, -0.25) is 9.78 Å². The first kappa shape index (κ1) is 12.9. The molecule has 6 heteroatoms. The first-order chi connectivity index (χ1) is 9.11. The average molecular weight is 259 g/mol. The summed E-state index contributed by atoms with van der Waals surface area (Å²) >= 11 is 0. The molecule has 0 unspecified atom stereocenters. The number of ether oxygens (including phenoxy) is 1. The predicted molar refractivity (Wildman–Crippen MR) is 68.8 cm³/mol. The van der Waals surface area contributed by atoms with E-state index < -0.39 is 11.5 Å². The number of rotatable bonds is 3. The summed E-state index contributed by atoms with van der Waals surface area (Å²) in [4.78, 5) is 27.3. The Morgan fingerprint density at radius 3 is 2.79 bits per heavy atom. The van der Waals surface area contributed by atoms with Crippen molar-refractivity contribution in [2.24, 2.45) is 0 Å². The zero-order valence-corrected chi connectivity index (χ0v) is 10.6. The van der Waals surface area contributed by atoms with Gasteiger partial charge in [0, 0.05) is 6.20 Å². The van der Waals surface area contributed by atoms with Crippen LogP contribution in [-0.2, 0) is 4.74 Å². The molecule has 0 atom stereocenters. The smallest absolute Gasteiger partial charge is 0.343 e. The van der Waals surface area contributed by atoms with Gasteiger partial charge in [0.2, 0.25) is 0 Å². The lowest BCUT2D eigenvalue weighted by Gasteiger charge is -2.03. The third-order valence-electron chi connectivity index (χ3n) is 2.47. The van der Waals surface area contributed by atoms with Gasteiger partial charge in [-0.15, -0.1) is 0 Å². The summed E-state index contributed by atoms with van der Waals surface area (Å²) in [6.07, 6.45) is 1.69. The SMILES string of the molecule is CCOC(=O)c1cc(-c2ccc(C)cn2)n[nH]c1=O. The highest BCUT2D eigenvalue weighted by atomic mass is 16.5. The van der Waals surface area contributed by atoms with Crippen molar-refractivity contribution < 1.29 is 9.53 Å². The van der Waals surface area contributed by atoms with Gasteiger partial charge >= 0.3 is 5.97 Å². The van der Waals surface area contributed by atoms with Crippen LogP contribution in [0.25, 0.3) is 11.4 Å². The molecule has 0 aliphatic heterocycles. The zero-order valence-electron chi connectivity index (χ0n) is 10.6. The van der Waals surface area contributed by atoms with Crippen LogP contribution in [0.3, 0.4) is 0 Å². The van der Waals surface area contributed by atoms with Crippen LogP contribution in [0.2, 0.25) is 0 Å². The van der Waals surface area contributed by atoms with Gasteiger partial charge in [0.05, 0.1) is 12.3 Å². The lowest BCUT2D eigenvalue weighted by molar-refractivity contribution is 0.0524. The number of hydrogen-bond acceptors (Lipinski definition) is 5. The van der Waals surface area contributed by atoms with Crippen molar-refractivity contribution in [1.82, 2.24) is 15.2 Å². The first-order valence-corrected chi connectivity index (χ1v) is 5.81. The van der Waals surface area contributed by atoms with E-state index >= 15 is 0 Å². The molecule has 0 bridgehead atoms. The van der Waals surface area contributed by atoms with Crippen LogP contribution in [-0.4, -0.2) is 27.8 Å². The standard InChI is InChI=1S/C13H13N3O3/c1-3-19-13(18)9-6-11(15-16-12(9)17)10-5-4-8(2)7-14-10/h4-7H,3H2,1-2H3,(H,16,17). The lowest BCUT2D eigenvalue weighted by atomic mass is 10.2. The van der Waals surface area contributed by atoms with Gasteiger partial charge in [-0.2, -0.15) is 5.10 Å². The van der Waals surface area contributed by atoms with E-state index in [1.54, 1.807) is 19.2 Å². The number of aryl methyl sites for hydroxylation is 1. The Labute approximate surface area is 109 Å². The highest BCUT2D eigenvalue weighted by Gasteiger charge is 2.14. The van der Waals surface area contributed by atoms with E-state index in [1.165, 1.54) is 6.07 Å². The van der Waals surface area contributed by atoms with Gasteiger partial charge in [-0.1, -0.05) is 6.07 Å². The van der Waals surface area contributed by atoms with Gasteiger partial charge in [-0.25, -0.2) is 9.89 Å². The molecule has 0 aromatic carbocycles. The molecule has 6 nitrogen and oxygen atoms in total. The molecule has 0 saturated heterocycles. The molecule has 2 aromatic heterocycles. The Kier molecular flexibility index (Phi) is 3.70. The Balaban J connectivity index is 2.43. The van der Waals surface area contributed by atoms with E-state index in [-0.39, 0.29) is 12.2 Å². The number of aromatic amines is 1. The van der Waals surface area contributed by atoms with E-state index in [0.717, 1.165) is 5.56 Å². The zero-order chi connectivity index (χ0) is 13.8. The summed E-state index contributed by atoms with van der Waals surface area (Å²) < 4.78 is 4.81. The number of pyridine rings is 1. The van der Waals surface area contributed by atoms with Gasteiger partial charge in [0.15, 0.2) is 0 Å². The van der Waals surface area contributed by atoms with Crippen LogP contribution < -0.4 is 5.56 Å². The number of carbonyl (C=O) groups is 1. The van der Waals surface area contributed by atoms with Gasteiger partial charge in [0.25, 0.3) is 5.56 Å². The number of H-pyrrole nitrogens is 1. The quantitative estimate of drug-likeness (QED) is 0.840. The Bertz CT molecular complexity index is 647. The monoisotopic (exact) mass is 259 g/mol. The molecule has 2 rings (SSSR count). The summed E-state index contributed by atoms with van der Waals surface area (Å²) in [6, 6.07) is 5.03. The van der Waals surface area contributed by atoms with Crippen LogP contribution >= 0.6 is 0 Å². The molecule has 0 aliphatic rings. The fourth-order valence-corrected chi connectivity index (χ4v) is 1.52. The molecular weight excluding hydrogens is 246 g/mol. The van der Waals surface area contributed by atoms with E-state index in [2.05, 4.69) is 15.2 Å². The molecule has 98 valence electrons. The van der Waals surface area contributed by atoms with Crippen molar-refractivity contribution in [3.63, 3.8) is 0 Å². The number of carbonyl (C=O) groups excluding carboxylic acids is 1. The first-order valence-electron chi connectivity index (χ1n) is 5.81. The summed E-state index contributed by atoms with van der Waals surface area (Å²) in [7, 11) is 0. The number of hydrogen-bond donors (Lipinski definition) is 1. The third kappa shape index (κ3) is 2.85. The van der Waals surface area contributed by atoms with E-state index in [4.69, 9.17) is 4.74 Å². The van der Waals surface area contributed by atoms with Crippen molar-refractivity contribution in [3.8, 4) is 11.4 Å². The normalized spacial score (nSPS) is 10.2. The maximum Gasteiger partial charge on any atom is 0.343 e. The van der Waals surface area contributed by atoms with Crippen molar-refractivity contribution in [2.75, 3.05) is 6.61 Å². The Hall–Kier alpha value is -2.50. The van der Waals surface area contributed by atoms with Crippen LogP contribution in [0.1, 0.15) is 22.8 Å². The minimum atomic E-state index is -0.667. The second kappa shape index (κ2) is 5.43. The summed E-state index contributed by atoms with van der Waals surface area (Å²) in [5, 5.41) is 6.15. The number of nitrogens with one attached hydrogen (secondary N) is 1. The molecule has 2 aromatic rings. The molecule has 2 heterocycles. The fraction of sp³-hybridized carbons (Fsp3) is 0.231. The van der Waals surface area contributed by atoms with Crippen LogP contribution in [0.4, 0.5) is 0 Å². The summed E-state index contributed by atoms with van der Waals surface area (Å²) in [5.41, 5.74) is 1.36. The highest BCUT2D eigenvalue weighted by Crippen LogP contribution is 2.13. The third-order valence-corrected chi connectivity index (χ3v) is 2.47. The van der Waals surface area contributed by atoms with Gasteiger partial charge < -0.3 is 4.74 Å². The van der Waals surface area contributed by atoms with Crippen LogP contribution in [0, 0.1) is 6.92 Å². The van der Waals surface area contributed by atoms with E-state index in [9.17, 15) is 9.59 Å². The average Bonchev–Trinajstić information content (AvgIpc) is 2.40. The second-order valence-electron chi connectivity index (χ2n) is 3.94. The summed E-state index contributed by atoms with van der Waals surface area (Å²) in [6.45, 7) is 3.80. The molecule has 0 aliphatic carbocycles. The van der Waals surface area contributed by atoms with Crippen LogP contribution in [0.15, 0.2) is 29.2 Å². The second-order valence-corrected chi connectivity index (χ2v) is 3.94. The predicted octanol–water partition coefficient (Wildman–Crippen LogP) is 1.32. The maximum absolute atomic E-state index is 11.6. The van der Waals surface area contributed by atoms with Crippen molar-refractivity contribution in [3.05, 3.63) is 45.9 Å². The molecule has 0 saturated carbocycles. The molecule has 0 fully saturated rings. The van der Waals surface area contributed by atoms with Gasteiger partial charge in [0.1, 0.15) is 11.3 Å². The highest BCUT2D eigenvalue weighted by molar-refractivity contribution is 5.89. The fourth-order valence-electron chi connectivity index (χ4n) is 1.52. The Morgan fingerprint density at radius 1 is 1.37 bits per heavy atom. The van der Waals surface area contributed by atoms with E-state index in [1.807, 2.05) is 13.0 Å². The van der Waals surface area contributed by atoms with Crippen molar-refractivity contribution in [1.29, 1.82) is 0 Å². The number of esters is 1. The minimum Gasteiger partial charge on any atom is -0.462 e. The minimum absolute atomic E-state index is 0.0748. The van der Waals surface area contributed by atoms with Crippen LogP contribution in [0.5, 0.6) is 0 Å². The molecule has 0 radical (unpaired) electrons. The maximum atomic E-state index is 11.6. The molecule has 0 amide bonds. The molecule has 1 N–H and O–H groups in total. The van der Waals surface area contributed by atoms with Crippen molar-refractivity contribution in [2.45, 2.75) is 13.8 Å². The number of nitrogens with zero attached hydrogens (tertiary/aromatic N) is 2. The summed E-state index contributed by atoms with van der Waals surface area (Å²) in [5.74, 6) is -0.667. The largest absolute Gasteiger partial charge is 0.462 e. The lowest BCUT2D eigenvalue weighted by Crippen LogP contribution is -2.21.